The maximum absolute atomic E-state index is 11.8. The Kier molecular flexibility index (Phi) is 4.68. The van der Waals surface area contributed by atoms with Gasteiger partial charge in [0.15, 0.2) is 5.05 Å². The summed E-state index contributed by atoms with van der Waals surface area (Å²) in [6, 6.07) is 10.8. The number of nitrogens with zero attached hydrogens (tertiary/aromatic N) is 1. The fraction of sp³-hybridized carbons (Fsp3) is 0.312. The molecule has 23 heavy (non-hydrogen) atoms. The Balaban J connectivity index is 1.57. The van der Waals surface area contributed by atoms with Crippen LogP contribution in [0.25, 0.3) is 0 Å². The molecular formula is C16H16N2O4S. The average Bonchev–Trinajstić information content (AvgIpc) is 3.02. The van der Waals surface area contributed by atoms with E-state index in [1.165, 1.54) is 16.8 Å². The lowest BCUT2D eigenvalue weighted by Crippen LogP contribution is -2.31. The Hall–Kier alpha value is -2.25. The van der Waals surface area contributed by atoms with E-state index in [4.69, 9.17) is 21.7 Å². The molecule has 2 unspecified atom stereocenters. The summed E-state index contributed by atoms with van der Waals surface area (Å²) >= 11 is 5.24. The fourth-order valence-electron chi connectivity index (χ4n) is 2.49. The van der Waals surface area contributed by atoms with Gasteiger partial charge in [-0.05, 0) is 25.1 Å². The molecule has 2 aromatic rings. The summed E-state index contributed by atoms with van der Waals surface area (Å²) in [6.07, 6.45) is 2.36. The number of H-pyrrole nitrogens is 1. The van der Waals surface area contributed by atoms with Crippen LogP contribution in [0.4, 0.5) is 0 Å². The zero-order valence-corrected chi connectivity index (χ0v) is 13.1. The Morgan fingerprint density at radius 2 is 2.04 bits per heavy atom. The maximum atomic E-state index is 11.8. The van der Waals surface area contributed by atoms with Gasteiger partial charge in [-0.3, -0.25) is 14.3 Å². The van der Waals surface area contributed by atoms with Crippen LogP contribution in [0, 0.1) is 0 Å². The summed E-state index contributed by atoms with van der Waals surface area (Å²) in [5, 5.41) is 0.429. The van der Waals surface area contributed by atoms with Crippen molar-refractivity contribution in [1.29, 1.82) is 0 Å². The number of hydrogen-bond donors (Lipinski definition) is 1. The highest BCUT2D eigenvalue weighted by Crippen LogP contribution is 2.27. The Bertz CT molecular complexity index is 799. The largest absolute Gasteiger partial charge is 0.480 e. The van der Waals surface area contributed by atoms with E-state index in [0.717, 1.165) is 12.0 Å². The van der Waals surface area contributed by atoms with Crippen LogP contribution >= 0.6 is 12.2 Å². The number of rotatable bonds is 4. The van der Waals surface area contributed by atoms with Gasteiger partial charge in [0.05, 0.1) is 6.10 Å². The van der Waals surface area contributed by atoms with Crippen molar-refractivity contribution < 1.29 is 9.47 Å². The van der Waals surface area contributed by atoms with E-state index >= 15 is 0 Å². The number of nitrogens with one attached hydrogen (secondary N) is 1. The van der Waals surface area contributed by atoms with Gasteiger partial charge in [0.2, 0.25) is 0 Å². The second-order valence-corrected chi connectivity index (χ2v) is 5.64. The van der Waals surface area contributed by atoms with Crippen LogP contribution in [0.3, 0.4) is 0 Å². The first-order valence-corrected chi connectivity index (χ1v) is 7.73. The van der Waals surface area contributed by atoms with Crippen molar-refractivity contribution >= 4 is 17.3 Å². The molecule has 1 aromatic heterocycles. The first-order valence-electron chi connectivity index (χ1n) is 7.32. The minimum atomic E-state index is -0.469. The summed E-state index contributed by atoms with van der Waals surface area (Å²) in [7, 11) is 0. The smallest absolute Gasteiger partial charge is 0.330 e. The molecule has 0 aliphatic carbocycles. The second-order valence-electron chi connectivity index (χ2n) is 5.27. The van der Waals surface area contributed by atoms with Gasteiger partial charge in [-0.15, -0.1) is 0 Å². The van der Waals surface area contributed by atoms with Crippen molar-refractivity contribution in [1.82, 2.24) is 9.55 Å². The summed E-state index contributed by atoms with van der Waals surface area (Å²) in [5.41, 5.74) is -0.0323. The van der Waals surface area contributed by atoms with E-state index in [2.05, 4.69) is 4.98 Å². The van der Waals surface area contributed by atoms with Crippen molar-refractivity contribution in [3.63, 3.8) is 0 Å². The molecule has 0 saturated carbocycles. The minimum absolute atomic E-state index is 0.138. The molecule has 0 bridgehead atoms. The molecule has 7 heteroatoms. The van der Waals surface area contributed by atoms with Crippen LogP contribution in [0.2, 0.25) is 0 Å². The second kappa shape index (κ2) is 6.89. The van der Waals surface area contributed by atoms with Crippen LogP contribution < -0.4 is 11.2 Å². The van der Waals surface area contributed by atoms with Crippen LogP contribution in [-0.4, -0.2) is 27.3 Å². The fourth-order valence-corrected chi connectivity index (χ4v) is 2.70. The Labute approximate surface area is 137 Å². The van der Waals surface area contributed by atoms with Gasteiger partial charge in [-0.25, -0.2) is 4.79 Å². The molecule has 3 rings (SSSR count). The van der Waals surface area contributed by atoms with E-state index in [-0.39, 0.29) is 6.10 Å². The van der Waals surface area contributed by atoms with Crippen LogP contribution in [0.1, 0.15) is 24.6 Å². The van der Waals surface area contributed by atoms with E-state index in [0.29, 0.717) is 18.1 Å². The molecular weight excluding hydrogens is 316 g/mol. The molecule has 1 fully saturated rings. The van der Waals surface area contributed by atoms with Gasteiger partial charge in [0.1, 0.15) is 12.8 Å². The standard InChI is InChI=1S/C16H16N2O4S/c19-13-8-9-18(16(20)17-13)14-7-6-12(22-14)10-21-15(23)11-4-2-1-3-5-11/h1-5,8-9,12,14H,6-7,10H2,(H,17,19,20). The number of benzene rings is 1. The monoisotopic (exact) mass is 332 g/mol. The lowest BCUT2D eigenvalue weighted by molar-refractivity contribution is -0.0213. The van der Waals surface area contributed by atoms with Gasteiger partial charge in [-0.1, -0.05) is 30.3 Å². The zero-order chi connectivity index (χ0) is 16.2. The topological polar surface area (TPSA) is 73.3 Å². The van der Waals surface area contributed by atoms with Crippen LogP contribution in [0.15, 0.2) is 52.2 Å². The highest BCUT2D eigenvalue weighted by molar-refractivity contribution is 7.80. The van der Waals surface area contributed by atoms with Crippen molar-refractivity contribution in [2.24, 2.45) is 0 Å². The molecule has 1 aliphatic heterocycles. The molecule has 2 atom stereocenters. The number of thiocarbonyl (C=S) groups is 1. The summed E-state index contributed by atoms with van der Waals surface area (Å²) in [6.45, 7) is 0.336. The summed E-state index contributed by atoms with van der Waals surface area (Å²) in [4.78, 5) is 25.1. The lowest BCUT2D eigenvalue weighted by Gasteiger charge is -2.16. The Morgan fingerprint density at radius 3 is 2.78 bits per heavy atom. The van der Waals surface area contributed by atoms with E-state index in [9.17, 15) is 9.59 Å². The van der Waals surface area contributed by atoms with Gasteiger partial charge >= 0.3 is 5.69 Å². The molecule has 2 heterocycles. The normalized spacial score (nSPS) is 20.3. The zero-order valence-electron chi connectivity index (χ0n) is 12.3. The van der Waals surface area contributed by atoms with Crippen molar-refractivity contribution in [2.75, 3.05) is 6.61 Å². The van der Waals surface area contributed by atoms with Crippen molar-refractivity contribution in [2.45, 2.75) is 25.2 Å². The average molecular weight is 332 g/mol. The van der Waals surface area contributed by atoms with Gasteiger partial charge < -0.3 is 9.47 Å². The van der Waals surface area contributed by atoms with Gasteiger partial charge in [0, 0.05) is 17.8 Å². The van der Waals surface area contributed by atoms with E-state index < -0.39 is 17.5 Å². The Morgan fingerprint density at radius 1 is 1.26 bits per heavy atom. The molecule has 0 radical (unpaired) electrons. The highest BCUT2D eigenvalue weighted by atomic mass is 32.1. The molecule has 6 nitrogen and oxygen atoms in total. The number of ether oxygens (including phenoxy) is 2. The van der Waals surface area contributed by atoms with Gasteiger partial charge in [-0.2, -0.15) is 0 Å². The third-order valence-corrected chi connectivity index (χ3v) is 4.01. The number of hydrogen-bond acceptors (Lipinski definition) is 5. The predicted molar refractivity (Wildman–Crippen MR) is 88.6 cm³/mol. The van der Waals surface area contributed by atoms with E-state index in [1.807, 2.05) is 30.3 Å². The quantitative estimate of drug-likeness (QED) is 0.861. The molecule has 0 amide bonds. The number of aromatic nitrogens is 2. The van der Waals surface area contributed by atoms with Crippen LogP contribution in [0.5, 0.6) is 0 Å². The first-order chi connectivity index (χ1) is 11.1. The molecule has 0 spiro atoms. The first kappa shape index (κ1) is 15.6. The molecule has 1 aliphatic rings. The van der Waals surface area contributed by atoms with E-state index in [1.54, 1.807) is 0 Å². The minimum Gasteiger partial charge on any atom is -0.480 e. The number of aromatic amines is 1. The molecule has 120 valence electrons. The third kappa shape index (κ3) is 3.75. The summed E-state index contributed by atoms with van der Waals surface area (Å²) < 4.78 is 12.8. The SMILES string of the molecule is O=c1ccn(C2CCC(COC(=S)c3ccccc3)O2)c(=O)[nH]1. The molecule has 1 N–H and O–H groups in total. The lowest BCUT2D eigenvalue weighted by atomic mass is 10.2. The predicted octanol–water partition coefficient (Wildman–Crippen LogP) is 1.61. The van der Waals surface area contributed by atoms with Crippen molar-refractivity contribution in [3.8, 4) is 0 Å². The third-order valence-electron chi connectivity index (χ3n) is 3.66. The molecule has 1 saturated heterocycles. The molecule has 1 aromatic carbocycles. The van der Waals surface area contributed by atoms with Gasteiger partial charge in [0.25, 0.3) is 5.56 Å². The van der Waals surface area contributed by atoms with Crippen molar-refractivity contribution in [3.05, 3.63) is 69.0 Å². The maximum Gasteiger partial charge on any atom is 0.330 e. The highest BCUT2D eigenvalue weighted by Gasteiger charge is 2.28. The summed E-state index contributed by atoms with van der Waals surface area (Å²) in [5.74, 6) is 0. The van der Waals surface area contributed by atoms with Crippen LogP contribution in [-0.2, 0) is 9.47 Å².